The van der Waals surface area contributed by atoms with E-state index in [9.17, 15) is 9.59 Å². The maximum atomic E-state index is 12.4. The lowest BCUT2D eigenvalue weighted by atomic mass is 10.2. The summed E-state index contributed by atoms with van der Waals surface area (Å²) in [5, 5.41) is 7.89. The van der Waals surface area contributed by atoms with Gasteiger partial charge in [-0.05, 0) is 60.7 Å². The van der Waals surface area contributed by atoms with Crippen LogP contribution in [0.15, 0.2) is 108 Å². The molecule has 0 spiro atoms. The first kappa shape index (κ1) is 28.1. The monoisotopic (exact) mass is 566 g/mol. The van der Waals surface area contributed by atoms with E-state index in [1.54, 1.807) is 85.5 Å². The van der Waals surface area contributed by atoms with E-state index in [0.29, 0.717) is 35.8 Å². The Morgan fingerprint density at radius 3 is 1.50 bits per heavy atom. The van der Waals surface area contributed by atoms with Crippen LogP contribution >= 0.6 is 0 Å². The molecule has 0 aliphatic carbocycles. The van der Waals surface area contributed by atoms with Crippen molar-refractivity contribution < 1.29 is 28.5 Å². The number of aromatic nitrogens is 2. The fourth-order valence-corrected chi connectivity index (χ4v) is 3.67. The van der Waals surface area contributed by atoms with E-state index in [1.807, 2.05) is 12.1 Å². The molecule has 2 aromatic heterocycles. The fourth-order valence-electron chi connectivity index (χ4n) is 3.67. The van der Waals surface area contributed by atoms with E-state index in [2.05, 4.69) is 31.0 Å². The predicted molar refractivity (Wildman–Crippen MR) is 152 cm³/mol. The van der Waals surface area contributed by atoms with Crippen molar-refractivity contribution in [3.05, 3.63) is 120 Å². The van der Waals surface area contributed by atoms with Crippen LogP contribution in [0.3, 0.4) is 0 Å². The summed E-state index contributed by atoms with van der Waals surface area (Å²) in [7, 11) is 0. The number of hydrogen-bond acceptors (Lipinski definition) is 10. The highest BCUT2D eigenvalue weighted by atomic mass is 16.8. The molecule has 212 valence electrons. The van der Waals surface area contributed by atoms with Crippen molar-refractivity contribution in [2.24, 2.45) is 10.2 Å². The number of nitrogens with one attached hydrogen (secondary N) is 2. The third-order valence-electron chi connectivity index (χ3n) is 5.74. The van der Waals surface area contributed by atoms with Gasteiger partial charge in [-0.25, -0.2) is 10.9 Å². The van der Waals surface area contributed by atoms with Gasteiger partial charge in [0.15, 0.2) is 0 Å². The number of carbonyl (C=O) groups is 2. The average Bonchev–Trinajstić information content (AvgIpc) is 3.03. The maximum absolute atomic E-state index is 12.4. The molecule has 1 saturated heterocycles. The highest BCUT2D eigenvalue weighted by molar-refractivity contribution is 5.95. The van der Waals surface area contributed by atoms with Crippen molar-refractivity contribution in [1.82, 2.24) is 20.8 Å². The molecule has 5 rings (SSSR count). The largest absolute Gasteiger partial charge is 0.458 e. The van der Waals surface area contributed by atoms with Gasteiger partial charge in [-0.1, -0.05) is 12.1 Å². The van der Waals surface area contributed by atoms with Gasteiger partial charge >= 0.3 is 0 Å². The Hall–Kier alpha value is -5.46. The minimum Gasteiger partial charge on any atom is -0.458 e. The molecule has 12 heteroatoms. The quantitative estimate of drug-likeness (QED) is 0.220. The van der Waals surface area contributed by atoms with Gasteiger partial charge in [-0.3, -0.25) is 19.6 Å². The van der Waals surface area contributed by atoms with E-state index >= 15 is 0 Å². The van der Waals surface area contributed by atoms with Gasteiger partial charge in [0.1, 0.15) is 11.5 Å². The highest BCUT2D eigenvalue weighted by Gasteiger charge is 2.31. The first-order valence-electron chi connectivity index (χ1n) is 12.9. The number of amides is 2. The first-order chi connectivity index (χ1) is 20.6. The Balaban J connectivity index is 1.12. The number of hydrogen-bond donors (Lipinski definition) is 2. The van der Waals surface area contributed by atoms with Gasteiger partial charge in [0, 0.05) is 47.0 Å². The molecular weight excluding hydrogens is 540 g/mol. The van der Waals surface area contributed by atoms with Crippen LogP contribution in [0.4, 0.5) is 0 Å². The molecule has 2 atom stereocenters. The molecule has 1 aliphatic rings. The predicted octanol–water partition coefficient (Wildman–Crippen LogP) is 3.16. The standard InChI is InChI=1S/C30H26N6O6/c37-27(35-33-19-21-3-1-13-31-17-21)23-5-9-25(10-6-23)41-29-30(40-16-15-39-29)42-26-11-7-24(8-12-26)28(38)36-34-20-22-4-2-14-32-18-22/h1-14,17-20,29-30H,15-16H2,(H,35,37)(H,36,38)/b33-19-,34-20-/t29-,30-/m1/s1. The summed E-state index contributed by atoms with van der Waals surface area (Å²) in [5.41, 5.74) is 7.26. The molecule has 2 aromatic carbocycles. The maximum Gasteiger partial charge on any atom is 0.271 e. The molecule has 2 amide bonds. The van der Waals surface area contributed by atoms with Crippen LogP contribution < -0.4 is 20.3 Å². The molecule has 0 bridgehead atoms. The van der Waals surface area contributed by atoms with Crippen LogP contribution in [0.2, 0.25) is 0 Å². The molecule has 12 nitrogen and oxygen atoms in total. The second kappa shape index (κ2) is 14.3. The third kappa shape index (κ3) is 8.03. The smallest absolute Gasteiger partial charge is 0.271 e. The fraction of sp³-hybridized carbons (Fsp3) is 0.133. The number of benzene rings is 2. The van der Waals surface area contributed by atoms with Crippen LogP contribution in [0.25, 0.3) is 0 Å². The van der Waals surface area contributed by atoms with Crippen LogP contribution in [-0.4, -0.2) is 60.0 Å². The van der Waals surface area contributed by atoms with Gasteiger partial charge in [0.25, 0.3) is 24.4 Å². The second-order valence-corrected chi connectivity index (χ2v) is 8.73. The average molecular weight is 567 g/mol. The Bertz CT molecular complexity index is 1400. The molecule has 42 heavy (non-hydrogen) atoms. The molecule has 0 unspecified atom stereocenters. The van der Waals surface area contributed by atoms with Gasteiger partial charge in [0.05, 0.1) is 25.6 Å². The highest BCUT2D eigenvalue weighted by Crippen LogP contribution is 2.22. The minimum atomic E-state index is -0.868. The number of carbonyl (C=O) groups excluding carboxylic acids is 2. The number of pyridine rings is 2. The molecular formula is C30H26N6O6. The van der Waals surface area contributed by atoms with Crippen molar-refractivity contribution in [3.8, 4) is 11.5 Å². The zero-order valence-corrected chi connectivity index (χ0v) is 22.2. The Labute approximate surface area is 241 Å². The lowest BCUT2D eigenvalue weighted by molar-refractivity contribution is -0.271. The van der Waals surface area contributed by atoms with E-state index in [0.717, 1.165) is 11.1 Å². The lowest BCUT2D eigenvalue weighted by Crippen LogP contribution is -2.45. The molecule has 1 fully saturated rings. The zero-order valence-electron chi connectivity index (χ0n) is 22.2. The molecule has 1 aliphatic heterocycles. The van der Waals surface area contributed by atoms with E-state index in [-0.39, 0.29) is 11.8 Å². The van der Waals surface area contributed by atoms with E-state index < -0.39 is 12.6 Å². The van der Waals surface area contributed by atoms with Gasteiger partial charge in [0.2, 0.25) is 0 Å². The third-order valence-corrected chi connectivity index (χ3v) is 5.74. The Morgan fingerprint density at radius 2 is 1.12 bits per heavy atom. The molecule has 4 aromatic rings. The van der Waals surface area contributed by atoms with Crippen LogP contribution in [0.5, 0.6) is 11.5 Å². The summed E-state index contributed by atoms with van der Waals surface area (Å²) in [6.07, 6.45) is 7.84. The molecule has 3 heterocycles. The Morgan fingerprint density at radius 1 is 0.690 bits per heavy atom. The number of nitrogens with zero attached hydrogens (tertiary/aromatic N) is 4. The summed E-state index contributed by atoms with van der Waals surface area (Å²) in [5.74, 6) is 0.150. The topological polar surface area (TPSA) is 146 Å². The van der Waals surface area contributed by atoms with Crippen LogP contribution in [0.1, 0.15) is 31.8 Å². The summed E-state index contributed by atoms with van der Waals surface area (Å²) in [6.45, 7) is 0.636. The number of rotatable bonds is 10. The molecule has 2 N–H and O–H groups in total. The normalized spacial score (nSPS) is 16.7. The van der Waals surface area contributed by atoms with Crippen molar-refractivity contribution in [1.29, 1.82) is 0 Å². The summed E-state index contributed by atoms with van der Waals surface area (Å²) < 4.78 is 23.3. The van der Waals surface area contributed by atoms with Crippen molar-refractivity contribution in [3.63, 3.8) is 0 Å². The lowest BCUT2D eigenvalue weighted by Gasteiger charge is -2.31. The summed E-state index contributed by atoms with van der Waals surface area (Å²) >= 11 is 0. The summed E-state index contributed by atoms with van der Waals surface area (Å²) in [4.78, 5) is 32.8. The van der Waals surface area contributed by atoms with Gasteiger partial charge < -0.3 is 18.9 Å². The van der Waals surface area contributed by atoms with Crippen molar-refractivity contribution >= 4 is 24.2 Å². The zero-order chi connectivity index (χ0) is 29.0. The Kier molecular flexibility index (Phi) is 9.53. The first-order valence-corrected chi connectivity index (χ1v) is 12.9. The SMILES string of the molecule is O=C(N/N=C\c1cccnc1)c1ccc(O[C@H]2OCCO[C@@H]2Oc2ccc(C(=O)N/N=C\c3cccnc3)cc2)cc1. The summed E-state index contributed by atoms with van der Waals surface area (Å²) in [6, 6.07) is 20.2. The van der Waals surface area contributed by atoms with Crippen molar-refractivity contribution in [2.75, 3.05) is 13.2 Å². The van der Waals surface area contributed by atoms with Gasteiger partial charge in [-0.2, -0.15) is 10.2 Å². The van der Waals surface area contributed by atoms with Crippen LogP contribution in [-0.2, 0) is 9.47 Å². The van der Waals surface area contributed by atoms with E-state index in [4.69, 9.17) is 18.9 Å². The minimum absolute atomic E-state index is 0.318. The van der Waals surface area contributed by atoms with Gasteiger partial charge in [-0.15, -0.1) is 0 Å². The molecule has 0 radical (unpaired) electrons. The number of ether oxygens (including phenoxy) is 4. The van der Waals surface area contributed by atoms with Crippen molar-refractivity contribution in [2.45, 2.75) is 12.6 Å². The second-order valence-electron chi connectivity index (χ2n) is 8.73. The number of hydrazone groups is 2. The van der Waals surface area contributed by atoms with Crippen LogP contribution in [0, 0.1) is 0 Å². The molecule has 0 saturated carbocycles. The van der Waals surface area contributed by atoms with E-state index in [1.165, 1.54) is 12.4 Å².